The molecule has 0 saturated heterocycles. The number of ether oxygens (including phenoxy) is 1. The smallest absolute Gasteiger partial charge is 0.340 e. The van der Waals surface area contributed by atoms with Crippen LogP contribution in [0, 0.1) is 6.92 Å². The number of benzene rings is 2. The molecule has 6 heteroatoms. The van der Waals surface area contributed by atoms with E-state index in [2.05, 4.69) is 5.32 Å². The number of amides is 1. The lowest BCUT2D eigenvalue weighted by atomic mass is 10.2. The van der Waals surface area contributed by atoms with E-state index in [-0.39, 0.29) is 15.6 Å². The van der Waals surface area contributed by atoms with E-state index >= 15 is 0 Å². The monoisotopic (exact) mass is 337 g/mol. The minimum absolute atomic E-state index is 0.105. The first kappa shape index (κ1) is 16.3. The molecular formula is C16H13Cl2NO3. The number of carbonyl (C=O) groups is 2. The highest BCUT2D eigenvalue weighted by Crippen LogP contribution is 2.26. The van der Waals surface area contributed by atoms with Crippen LogP contribution in [0.5, 0.6) is 0 Å². The Morgan fingerprint density at radius 2 is 1.82 bits per heavy atom. The summed E-state index contributed by atoms with van der Waals surface area (Å²) in [7, 11) is 0. The third-order valence-corrected chi connectivity index (χ3v) is 3.74. The van der Waals surface area contributed by atoms with Gasteiger partial charge in [-0.1, -0.05) is 47.5 Å². The fourth-order valence-electron chi connectivity index (χ4n) is 1.77. The van der Waals surface area contributed by atoms with Gasteiger partial charge in [-0.15, -0.1) is 0 Å². The number of halogens is 2. The summed E-state index contributed by atoms with van der Waals surface area (Å²) in [5, 5.41) is 3.02. The third-order valence-electron chi connectivity index (χ3n) is 2.93. The molecule has 0 bridgehead atoms. The number of hydrogen-bond donors (Lipinski definition) is 1. The zero-order valence-corrected chi connectivity index (χ0v) is 13.2. The van der Waals surface area contributed by atoms with Crippen molar-refractivity contribution in [2.24, 2.45) is 0 Å². The molecule has 1 N–H and O–H groups in total. The van der Waals surface area contributed by atoms with E-state index in [0.717, 1.165) is 5.56 Å². The minimum atomic E-state index is -0.701. The summed E-state index contributed by atoms with van der Waals surface area (Å²) in [6, 6.07) is 11.9. The molecule has 4 nitrogen and oxygen atoms in total. The Bertz CT molecular complexity index is 716. The number of aryl methyl sites for hydroxylation is 1. The summed E-state index contributed by atoms with van der Waals surface area (Å²) in [6.07, 6.45) is 0. The number of hydrogen-bond acceptors (Lipinski definition) is 3. The van der Waals surface area contributed by atoms with Crippen LogP contribution >= 0.6 is 23.2 Å². The second-order valence-electron chi connectivity index (χ2n) is 4.54. The zero-order valence-electron chi connectivity index (χ0n) is 11.7. The van der Waals surface area contributed by atoms with E-state index in [0.29, 0.717) is 5.69 Å². The van der Waals surface area contributed by atoms with Crippen molar-refractivity contribution in [3.8, 4) is 0 Å². The maximum Gasteiger partial charge on any atom is 0.340 e. The van der Waals surface area contributed by atoms with Crippen molar-refractivity contribution in [3.05, 3.63) is 63.6 Å². The zero-order chi connectivity index (χ0) is 16.1. The van der Waals surface area contributed by atoms with Crippen LogP contribution in [0.4, 0.5) is 5.69 Å². The number of para-hydroxylation sites is 1. The summed E-state index contributed by atoms with van der Waals surface area (Å²) in [5.74, 6) is -1.13. The van der Waals surface area contributed by atoms with Gasteiger partial charge >= 0.3 is 5.97 Å². The molecule has 0 saturated carbocycles. The van der Waals surface area contributed by atoms with Crippen LogP contribution in [0.3, 0.4) is 0 Å². The SMILES string of the molecule is Cc1ccccc1NC(=O)COC(=O)c1cccc(Cl)c1Cl. The van der Waals surface area contributed by atoms with Gasteiger partial charge in [-0.05, 0) is 30.7 Å². The summed E-state index contributed by atoms with van der Waals surface area (Å²) >= 11 is 11.7. The first-order valence-corrected chi connectivity index (χ1v) is 7.21. The Labute approximate surface area is 138 Å². The van der Waals surface area contributed by atoms with Gasteiger partial charge in [0.05, 0.1) is 15.6 Å². The van der Waals surface area contributed by atoms with Gasteiger partial charge in [0.1, 0.15) is 0 Å². The second kappa shape index (κ2) is 7.29. The van der Waals surface area contributed by atoms with Crippen molar-refractivity contribution >= 4 is 40.8 Å². The Morgan fingerprint density at radius 1 is 1.09 bits per heavy atom. The van der Waals surface area contributed by atoms with Crippen molar-refractivity contribution in [2.45, 2.75) is 6.92 Å². The van der Waals surface area contributed by atoms with Crippen molar-refractivity contribution in [2.75, 3.05) is 11.9 Å². The molecule has 0 fully saturated rings. The number of carbonyl (C=O) groups excluding carboxylic acids is 2. The molecule has 1 amide bonds. The summed E-state index contributed by atoms with van der Waals surface area (Å²) < 4.78 is 4.94. The van der Waals surface area contributed by atoms with Gasteiger partial charge in [-0.25, -0.2) is 4.79 Å². The van der Waals surface area contributed by atoms with Gasteiger partial charge in [-0.2, -0.15) is 0 Å². The highest BCUT2D eigenvalue weighted by atomic mass is 35.5. The van der Waals surface area contributed by atoms with Crippen molar-refractivity contribution in [3.63, 3.8) is 0 Å². The van der Waals surface area contributed by atoms with Crippen LogP contribution < -0.4 is 5.32 Å². The lowest BCUT2D eigenvalue weighted by molar-refractivity contribution is -0.119. The topological polar surface area (TPSA) is 55.4 Å². The molecule has 0 aliphatic carbocycles. The second-order valence-corrected chi connectivity index (χ2v) is 5.33. The number of esters is 1. The molecule has 0 heterocycles. The first-order valence-electron chi connectivity index (χ1n) is 6.45. The van der Waals surface area contributed by atoms with E-state index < -0.39 is 18.5 Å². The fourth-order valence-corrected chi connectivity index (χ4v) is 2.15. The molecule has 0 aromatic heterocycles. The van der Waals surface area contributed by atoms with Gasteiger partial charge in [0, 0.05) is 5.69 Å². The van der Waals surface area contributed by atoms with Gasteiger partial charge in [0.25, 0.3) is 5.91 Å². The lowest BCUT2D eigenvalue weighted by Gasteiger charge is -2.09. The van der Waals surface area contributed by atoms with E-state index in [1.165, 1.54) is 6.07 Å². The minimum Gasteiger partial charge on any atom is -0.452 e. The van der Waals surface area contributed by atoms with Crippen LogP contribution in [0.15, 0.2) is 42.5 Å². The van der Waals surface area contributed by atoms with Crippen molar-refractivity contribution in [1.82, 2.24) is 0 Å². The highest BCUT2D eigenvalue weighted by molar-refractivity contribution is 6.43. The average Bonchev–Trinajstić information content (AvgIpc) is 2.50. The highest BCUT2D eigenvalue weighted by Gasteiger charge is 2.15. The molecule has 0 spiro atoms. The van der Waals surface area contributed by atoms with Crippen LogP contribution in [-0.4, -0.2) is 18.5 Å². The van der Waals surface area contributed by atoms with Gasteiger partial charge in [-0.3, -0.25) is 4.79 Å². The maximum atomic E-state index is 11.9. The molecule has 0 unspecified atom stereocenters. The van der Waals surface area contributed by atoms with E-state index in [9.17, 15) is 9.59 Å². The number of nitrogens with one attached hydrogen (secondary N) is 1. The van der Waals surface area contributed by atoms with Crippen LogP contribution in [0.1, 0.15) is 15.9 Å². The van der Waals surface area contributed by atoms with E-state index in [1.54, 1.807) is 24.3 Å². The molecule has 0 aliphatic heterocycles. The quantitative estimate of drug-likeness (QED) is 0.854. The molecule has 2 aromatic rings. The Balaban J connectivity index is 1.95. The number of anilines is 1. The Kier molecular flexibility index (Phi) is 5.41. The summed E-state index contributed by atoms with van der Waals surface area (Å²) in [4.78, 5) is 23.7. The average molecular weight is 338 g/mol. The van der Waals surface area contributed by atoms with E-state index in [4.69, 9.17) is 27.9 Å². The van der Waals surface area contributed by atoms with Crippen molar-refractivity contribution < 1.29 is 14.3 Å². The third kappa shape index (κ3) is 4.00. The molecular weight excluding hydrogens is 325 g/mol. The Hall–Kier alpha value is -2.04. The largest absolute Gasteiger partial charge is 0.452 e. The first-order chi connectivity index (χ1) is 10.5. The van der Waals surface area contributed by atoms with Gasteiger partial charge in [0.2, 0.25) is 0 Å². The van der Waals surface area contributed by atoms with E-state index in [1.807, 2.05) is 19.1 Å². The molecule has 114 valence electrons. The van der Waals surface area contributed by atoms with Crippen LogP contribution in [-0.2, 0) is 9.53 Å². The normalized spacial score (nSPS) is 10.1. The molecule has 0 radical (unpaired) electrons. The molecule has 2 rings (SSSR count). The van der Waals surface area contributed by atoms with Crippen molar-refractivity contribution in [1.29, 1.82) is 0 Å². The number of rotatable bonds is 4. The van der Waals surface area contributed by atoms with Gasteiger partial charge < -0.3 is 10.1 Å². The van der Waals surface area contributed by atoms with Gasteiger partial charge in [0.15, 0.2) is 6.61 Å². The fraction of sp³-hybridized carbons (Fsp3) is 0.125. The maximum absolute atomic E-state index is 11.9. The molecule has 2 aromatic carbocycles. The standard InChI is InChI=1S/C16H13Cl2NO3/c1-10-5-2-3-8-13(10)19-14(20)9-22-16(21)11-6-4-7-12(17)15(11)18/h2-8H,9H2,1H3,(H,19,20). The predicted octanol–water partition coefficient (Wildman–Crippen LogP) is 4.10. The molecule has 22 heavy (non-hydrogen) atoms. The Morgan fingerprint density at radius 3 is 2.55 bits per heavy atom. The van der Waals surface area contributed by atoms with Crippen LogP contribution in [0.2, 0.25) is 10.0 Å². The summed E-state index contributed by atoms with van der Waals surface area (Å²) in [5.41, 5.74) is 1.71. The lowest BCUT2D eigenvalue weighted by Crippen LogP contribution is -2.21. The molecule has 0 atom stereocenters. The molecule has 0 aliphatic rings. The predicted molar refractivity (Wildman–Crippen MR) is 86.6 cm³/mol. The van der Waals surface area contributed by atoms with Crippen LogP contribution in [0.25, 0.3) is 0 Å². The summed E-state index contributed by atoms with van der Waals surface area (Å²) in [6.45, 7) is 1.46.